The molecule has 0 heterocycles. The van der Waals surface area contributed by atoms with Gasteiger partial charge in [0.2, 0.25) is 5.91 Å². The van der Waals surface area contributed by atoms with Gasteiger partial charge >= 0.3 is 0 Å². The Kier molecular flexibility index (Phi) is 7.02. The molecular weight excluding hydrogens is 288 g/mol. The first-order chi connectivity index (χ1) is 10.5. The Bertz CT molecular complexity index is 550. The lowest BCUT2D eigenvalue weighted by Crippen LogP contribution is -2.41. The summed E-state index contributed by atoms with van der Waals surface area (Å²) in [7, 11) is 0. The first-order valence-corrected chi connectivity index (χ1v) is 6.75. The number of hydrogen-bond acceptors (Lipinski definition) is 5. The molecule has 22 heavy (non-hydrogen) atoms. The number of carbonyl (C=O) groups excluding carboxylic acids is 1. The van der Waals surface area contributed by atoms with E-state index >= 15 is 0 Å². The molecule has 0 radical (unpaired) electrons. The van der Waals surface area contributed by atoms with Crippen molar-refractivity contribution in [1.82, 2.24) is 5.32 Å². The van der Waals surface area contributed by atoms with Crippen LogP contribution in [-0.2, 0) is 4.79 Å². The van der Waals surface area contributed by atoms with Crippen molar-refractivity contribution in [2.75, 3.05) is 6.61 Å². The Morgan fingerprint density at radius 1 is 1.41 bits per heavy atom. The Labute approximate surface area is 128 Å². The lowest BCUT2D eigenvalue weighted by atomic mass is 10.0. The molecule has 0 fully saturated rings. The van der Waals surface area contributed by atoms with Crippen molar-refractivity contribution in [3.63, 3.8) is 0 Å². The predicted molar refractivity (Wildman–Crippen MR) is 79.8 cm³/mol. The summed E-state index contributed by atoms with van der Waals surface area (Å²) in [6.07, 6.45) is 5.12. The third-order valence-corrected chi connectivity index (χ3v) is 3.09. The fourth-order valence-corrected chi connectivity index (χ4v) is 1.88. The molecule has 2 atom stereocenters. The maximum atomic E-state index is 11.7. The maximum Gasteiger partial charge on any atom is 0.269 e. The first-order valence-electron chi connectivity index (χ1n) is 6.75. The number of amides is 1. The van der Waals surface area contributed by atoms with Crippen LogP contribution in [0.25, 0.3) is 0 Å². The lowest BCUT2D eigenvalue weighted by molar-refractivity contribution is -0.384. The molecule has 1 aromatic rings. The van der Waals surface area contributed by atoms with Gasteiger partial charge in [0.05, 0.1) is 17.6 Å². The highest BCUT2D eigenvalue weighted by molar-refractivity contribution is 5.76. The van der Waals surface area contributed by atoms with E-state index in [0.29, 0.717) is 18.4 Å². The molecule has 0 aliphatic rings. The van der Waals surface area contributed by atoms with Gasteiger partial charge in [0.25, 0.3) is 5.69 Å². The molecule has 3 N–H and O–H groups in total. The molecule has 7 heteroatoms. The zero-order valence-electron chi connectivity index (χ0n) is 11.9. The molecule has 7 nitrogen and oxygen atoms in total. The van der Waals surface area contributed by atoms with E-state index < -0.39 is 23.7 Å². The Morgan fingerprint density at radius 3 is 2.55 bits per heavy atom. The van der Waals surface area contributed by atoms with Crippen molar-refractivity contribution >= 4 is 11.6 Å². The van der Waals surface area contributed by atoms with Crippen LogP contribution in [0.2, 0.25) is 0 Å². The summed E-state index contributed by atoms with van der Waals surface area (Å²) < 4.78 is 0. The van der Waals surface area contributed by atoms with Crippen LogP contribution in [-0.4, -0.2) is 33.7 Å². The minimum atomic E-state index is -1.16. The molecule has 1 rings (SSSR count). The van der Waals surface area contributed by atoms with Gasteiger partial charge in [-0.15, -0.1) is 12.3 Å². The van der Waals surface area contributed by atoms with E-state index in [4.69, 9.17) is 6.42 Å². The van der Waals surface area contributed by atoms with Gasteiger partial charge in [0.15, 0.2) is 0 Å². The van der Waals surface area contributed by atoms with Gasteiger partial charge in [-0.2, -0.15) is 0 Å². The number of aliphatic hydroxyl groups excluding tert-OH is 2. The van der Waals surface area contributed by atoms with Gasteiger partial charge in [-0.1, -0.05) is 0 Å². The Morgan fingerprint density at radius 2 is 2.05 bits per heavy atom. The highest BCUT2D eigenvalue weighted by atomic mass is 16.6. The van der Waals surface area contributed by atoms with Crippen molar-refractivity contribution in [3.8, 4) is 12.3 Å². The molecule has 0 aliphatic carbocycles. The summed E-state index contributed by atoms with van der Waals surface area (Å²) in [6.45, 7) is -0.459. The van der Waals surface area contributed by atoms with Crippen molar-refractivity contribution < 1.29 is 19.9 Å². The molecular formula is C15H18N2O5. The number of nitrogens with one attached hydrogen (secondary N) is 1. The summed E-state index contributed by atoms with van der Waals surface area (Å²) in [5, 5.41) is 32.6. The van der Waals surface area contributed by atoms with E-state index in [1.807, 2.05) is 0 Å². The minimum absolute atomic E-state index is 0.102. The molecule has 0 spiro atoms. The lowest BCUT2D eigenvalue weighted by Gasteiger charge is -2.22. The molecule has 0 saturated heterocycles. The summed E-state index contributed by atoms with van der Waals surface area (Å²) in [5.41, 5.74) is 0.267. The van der Waals surface area contributed by atoms with Crippen LogP contribution in [0.15, 0.2) is 24.3 Å². The van der Waals surface area contributed by atoms with Crippen molar-refractivity contribution in [3.05, 3.63) is 39.9 Å². The van der Waals surface area contributed by atoms with Crippen LogP contribution in [0.4, 0.5) is 5.69 Å². The largest absolute Gasteiger partial charge is 0.394 e. The van der Waals surface area contributed by atoms with E-state index in [1.54, 1.807) is 0 Å². The number of terminal acetylenes is 1. The number of non-ortho nitro benzene ring substituents is 1. The van der Waals surface area contributed by atoms with Crippen molar-refractivity contribution in [2.45, 2.75) is 31.4 Å². The number of aliphatic hydroxyl groups is 2. The van der Waals surface area contributed by atoms with Crippen molar-refractivity contribution in [2.24, 2.45) is 0 Å². The number of benzene rings is 1. The zero-order valence-corrected chi connectivity index (χ0v) is 11.9. The SMILES string of the molecule is C#CCCCC(=O)N[C@H](CO)[C@H](O)c1ccc([N+](=O)[O-])cc1. The number of rotatable bonds is 8. The Balaban J connectivity index is 2.67. The topological polar surface area (TPSA) is 113 Å². The molecule has 0 saturated carbocycles. The predicted octanol–water partition coefficient (Wildman–Crippen LogP) is 0.909. The summed E-state index contributed by atoms with van der Waals surface area (Å²) >= 11 is 0. The summed E-state index contributed by atoms with van der Waals surface area (Å²) in [5.74, 6) is 2.10. The van der Waals surface area contributed by atoms with Crippen LogP contribution in [0.3, 0.4) is 0 Å². The number of nitro groups is 1. The van der Waals surface area contributed by atoms with Gasteiger partial charge in [-0.05, 0) is 24.1 Å². The molecule has 118 valence electrons. The van der Waals surface area contributed by atoms with Gasteiger partial charge in [0, 0.05) is 25.0 Å². The third kappa shape index (κ3) is 5.16. The van der Waals surface area contributed by atoms with Crippen LogP contribution < -0.4 is 5.32 Å². The summed E-state index contributed by atoms with van der Waals surface area (Å²) in [6, 6.07) is 4.38. The maximum absolute atomic E-state index is 11.7. The van der Waals surface area contributed by atoms with Gasteiger partial charge < -0.3 is 15.5 Å². The van der Waals surface area contributed by atoms with Gasteiger partial charge in [-0.3, -0.25) is 14.9 Å². The average molecular weight is 306 g/mol. The number of carbonyl (C=O) groups is 1. The van der Waals surface area contributed by atoms with Crippen LogP contribution in [0.5, 0.6) is 0 Å². The molecule has 1 amide bonds. The van der Waals surface area contributed by atoms with Gasteiger partial charge in [0.1, 0.15) is 6.10 Å². The highest BCUT2D eigenvalue weighted by Gasteiger charge is 2.22. The smallest absolute Gasteiger partial charge is 0.269 e. The Hall–Kier alpha value is -2.43. The van der Waals surface area contributed by atoms with E-state index in [1.165, 1.54) is 24.3 Å². The van der Waals surface area contributed by atoms with E-state index in [0.717, 1.165) is 0 Å². The number of nitro benzene ring substituents is 1. The van der Waals surface area contributed by atoms with Gasteiger partial charge in [-0.25, -0.2) is 0 Å². The average Bonchev–Trinajstić information content (AvgIpc) is 2.52. The molecule has 0 bridgehead atoms. The first kappa shape index (κ1) is 17.6. The standard InChI is InChI=1S/C15H18N2O5/c1-2-3-4-5-14(19)16-13(10-18)15(20)11-6-8-12(9-7-11)17(21)22/h1,6-9,13,15,18,20H,3-5,10H2,(H,16,19)/t13-,15-/m1/s1. The number of hydrogen-bond donors (Lipinski definition) is 3. The molecule has 1 aromatic carbocycles. The fourth-order valence-electron chi connectivity index (χ4n) is 1.88. The van der Waals surface area contributed by atoms with Crippen molar-refractivity contribution in [1.29, 1.82) is 0 Å². The summed E-state index contributed by atoms with van der Waals surface area (Å²) in [4.78, 5) is 21.7. The van der Waals surface area contributed by atoms with E-state index in [-0.39, 0.29) is 18.0 Å². The monoisotopic (exact) mass is 306 g/mol. The van der Waals surface area contributed by atoms with Crippen LogP contribution in [0.1, 0.15) is 30.9 Å². The number of nitrogens with zero attached hydrogens (tertiary/aromatic N) is 1. The second-order valence-corrected chi connectivity index (χ2v) is 4.71. The van der Waals surface area contributed by atoms with E-state index in [9.17, 15) is 25.1 Å². The van der Waals surface area contributed by atoms with Crippen LogP contribution in [0, 0.1) is 22.5 Å². The zero-order chi connectivity index (χ0) is 16.5. The van der Waals surface area contributed by atoms with Crippen LogP contribution >= 0.6 is 0 Å². The molecule has 0 aromatic heterocycles. The third-order valence-electron chi connectivity index (χ3n) is 3.09. The fraction of sp³-hybridized carbons (Fsp3) is 0.400. The number of unbranched alkanes of at least 4 members (excludes halogenated alkanes) is 1. The highest BCUT2D eigenvalue weighted by Crippen LogP contribution is 2.20. The second-order valence-electron chi connectivity index (χ2n) is 4.71. The quantitative estimate of drug-likeness (QED) is 0.286. The second kappa shape index (κ2) is 8.77. The normalized spacial score (nSPS) is 13.0. The van der Waals surface area contributed by atoms with E-state index in [2.05, 4.69) is 11.2 Å². The minimum Gasteiger partial charge on any atom is -0.394 e. The molecule has 0 aliphatic heterocycles. The molecule has 0 unspecified atom stereocenters.